The Labute approximate surface area is 107 Å². The lowest BCUT2D eigenvalue weighted by Crippen LogP contribution is -2.31. The second-order valence-corrected chi connectivity index (χ2v) is 4.20. The summed E-state index contributed by atoms with van der Waals surface area (Å²) in [6.45, 7) is 2.71. The van der Waals surface area contributed by atoms with E-state index in [0.29, 0.717) is 18.7 Å². The second-order valence-electron chi connectivity index (χ2n) is 4.20. The number of terminal acetylenes is 1. The van der Waals surface area contributed by atoms with Crippen LogP contribution in [0.3, 0.4) is 0 Å². The maximum absolute atomic E-state index is 13.0. The molecule has 0 aliphatic heterocycles. The van der Waals surface area contributed by atoms with E-state index in [2.05, 4.69) is 11.2 Å². The molecule has 0 bridgehead atoms. The lowest BCUT2D eigenvalue weighted by molar-refractivity contribution is -0.117. The number of anilines is 1. The van der Waals surface area contributed by atoms with Gasteiger partial charge in [-0.25, -0.2) is 4.39 Å². The van der Waals surface area contributed by atoms with Crippen molar-refractivity contribution in [1.29, 1.82) is 0 Å². The molecule has 1 N–H and O–H groups in total. The van der Waals surface area contributed by atoms with Crippen molar-refractivity contribution in [1.82, 2.24) is 4.90 Å². The van der Waals surface area contributed by atoms with Crippen LogP contribution in [0.4, 0.5) is 10.1 Å². The molecule has 0 unspecified atom stereocenters. The summed E-state index contributed by atoms with van der Waals surface area (Å²) in [7, 11) is 1.81. The quantitative estimate of drug-likeness (QED) is 0.809. The van der Waals surface area contributed by atoms with Crippen molar-refractivity contribution in [2.24, 2.45) is 0 Å². The van der Waals surface area contributed by atoms with Gasteiger partial charge in [-0.05, 0) is 31.7 Å². The molecule has 96 valence electrons. The Hall–Kier alpha value is -1.86. The Morgan fingerprint density at radius 1 is 1.56 bits per heavy atom. The fraction of sp³-hybridized carbons (Fsp3) is 0.357. The summed E-state index contributed by atoms with van der Waals surface area (Å²) in [6, 6.07) is 4.31. The fourth-order valence-corrected chi connectivity index (χ4v) is 1.50. The van der Waals surface area contributed by atoms with Gasteiger partial charge in [0.15, 0.2) is 0 Å². The predicted molar refractivity (Wildman–Crippen MR) is 70.7 cm³/mol. The van der Waals surface area contributed by atoms with Gasteiger partial charge in [-0.3, -0.25) is 9.69 Å². The van der Waals surface area contributed by atoms with Crippen LogP contribution < -0.4 is 5.32 Å². The minimum absolute atomic E-state index is 0.178. The van der Waals surface area contributed by atoms with Crippen LogP contribution in [-0.4, -0.2) is 30.9 Å². The van der Waals surface area contributed by atoms with Crippen molar-refractivity contribution in [2.45, 2.75) is 13.3 Å². The number of benzene rings is 1. The Bertz CT molecular complexity index is 465. The number of nitrogens with one attached hydrogen (secondary N) is 1. The SMILES string of the molecule is C#CCCN(C)CC(=O)Nc1cc(F)ccc1C. The summed E-state index contributed by atoms with van der Waals surface area (Å²) in [5.41, 5.74) is 1.33. The standard InChI is InChI=1S/C14H17FN2O/c1-4-5-8-17(3)10-14(18)16-13-9-12(15)7-6-11(13)2/h1,6-7,9H,5,8,10H2,2-3H3,(H,16,18). The third kappa shape index (κ3) is 4.56. The summed E-state index contributed by atoms with van der Waals surface area (Å²) >= 11 is 0. The lowest BCUT2D eigenvalue weighted by atomic mass is 10.2. The van der Waals surface area contributed by atoms with E-state index in [9.17, 15) is 9.18 Å². The number of nitrogens with zero attached hydrogens (tertiary/aromatic N) is 1. The lowest BCUT2D eigenvalue weighted by Gasteiger charge is -2.15. The highest BCUT2D eigenvalue weighted by Gasteiger charge is 2.08. The first-order chi connectivity index (χ1) is 8.52. The molecule has 3 nitrogen and oxygen atoms in total. The molecule has 0 aliphatic rings. The molecule has 0 saturated carbocycles. The van der Waals surface area contributed by atoms with Gasteiger partial charge in [0.2, 0.25) is 5.91 Å². The van der Waals surface area contributed by atoms with Gasteiger partial charge >= 0.3 is 0 Å². The second kappa shape index (κ2) is 6.77. The van der Waals surface area contributed by atoms with Crippen LogP contribution in [0.1, 0.15) is 12.0 Å². The molecule has 0 saturated heterocycles. The zero-order valence-corrected chi connectivity index (χ0v) is 10.7. The van der Waals surface area contributed by atoms with Gasteiger partial charge in [-0.2, -0.15) is 0 Å². The van der Waals surface area contributed by atoms with Crippen LogP contribution in [0.5, 0.6) is 0 Å². The topological polar surface area (TPSA) is 32.3 Å². The van der Waals surface area contributed by atoms with Crippen molar-refractivity contribution in [3.05, 3.63) is 29.6 Å². The van der Waals surface area contributed by atoms with Gasteiger partial charge in [-0.1, -0.05) is 6.07 Å². The first-order valence-corrected chi connectivity index (χ1v) is 5.71. The molecule has 0 aromatic heterocycles. The van der Waals surface area contributed by atoms with Crippen LogP contribution in [-0.2, 0) is 4.79 Å². The normalized spacial score (nSPS) is 10.2. The summed E-state index contributed by atoms with van der Waals surface area (Å²) in [5, 5.41) is 2.69. The Kier molecular flexibility index (Phi) is 5.34. The molecule has 0 radical (unpaired) electrons. The largest absolute Gasteiger partial charge is 0.325 e. The third-order valence-corrected chi connectivity index (χ3v) is 2.53. The third-order valence-electron chi connectivity index (χ3n) is 2.53. The van der Waals surface area contributed by atoms with Gasteiger partial charge in [0.25, 0.3) is 0 Å². The molecule has 4 heteroatoms. The van der Waals surface area contributed by atoms with Crippen molar-refractivity contribution < 1.29 is 9.18 Å². The van der Waals surface area contributed by atoms with Crippen LogP contribution in [0.25, 0.3) is 0 Å². The number of aryl methyl sites for hydroxylation is 1. The summed E-state index contributed by atoms with van der Waals surface area (Å²) in [5.74, 6) is 1.97. The monoisotopic (exact) mass is 248 g/mol. The van der Waals surface area contributed by atoms with E-state index in [-0.39, 0.29) is 18.3 Å². The number of carbonyl (C=O) groups is 1. The van der Waals surface area contributed by atoms with Crippen molar-refractivity contribution >= 4 is 11.6 Å². The first kappa shape index (κ1) is 14.2. The Morgan fingerprint density at radius 3 is 2.94 bits per heavy atom. The average molecular weight is 248 g/mol. The minimum Gasteiger partial charge on any atom is -0.325 e. The Balaban J connectivity index is 2.54. The highest BCUT2D eigenvalue weighted by molar-refractivity contribution is 5.92. The summed E-state index contributed by atoms with van der Waals surface area (Å²) in [6.07, 6.45) is 5.75. The summed E-state index contributed by atoms with van der Waals surface area (Å²) < 4.78 is 13.0. The number of rotatable bonds is 5. The molecule has 18 heavy (non-hydrogen) atoms. The van der Waals surface area contributed by atoms with Crippen LogP contribution in [0.2, 0.25) is 0 Å². The smallest absolute Gasteiger partial charge is 0.238 e. The fourth-order valence-electron chi connectivity index (χ4n) is 1.50. The van der Waals surface area contributed by atoms with Gasteiger partial charge in [0, 0.05) is 18.7 Å². The average Bonchev–Trinajstić information content (AvgIpc) is 2.31. The van der Waals surface area contributed by atoms with Crippen molar-refractivity contribution in [3.8, 4) is 12.3 Å². The molecule has 0 aliphatic carbocycles. The zero-order valence-electron chi connectivity index (χ0n) is 10.7. The number of carbonyl (C=O) groups excluding carboxylic acids is 1. The van der Waals surface area contributed by atoms with E-state index in [1.807, 2.05) is 18.9 Å². The Morgan fingerprint density at radius 2 is 2.28 bits per heavy atom. The molecular weight excluding hydrogens is 231 g/mol. The van der Waals surface area contributed by atoms with E-state index in [4.69, 9.17) is 6.42 Å². The molecule has 1 rings (SSSR count). The van der Waals surface area contributed by atoms with Crippen LogP contribution in [0, 0.1) is 25.1 Å². The number of amides is 1. The molecule has 0 spiro atoms. The van der Waals surface area contributed by atoms with E-state index in [1.54, 1.807) is 6.07 Å². The van der Waals surface area contributed by atoms with E-state index >= 15 is 0 Å². The van der Waals surface area contributed by atoms with Gasteiger partial charge in [-0.15, -0.1) is 12.3 Å². The number of hydrogen-bond acceptors (Lipinski definition) is 2. The molecule has 0 heterocycles. The van der Waals surface area contributed by atoms with Crippen LogP contribution >= 0.6 is 0 Å². The number of likely N-dealkylation sites (N-methyl/N-ethyl adjacent to an activating group) is 1. The van der Waals surface area contributed by atoms with E-state index in [0.717, 1.165) is 5.56 Å². The van der Waals surface area contributed by atoms with E-state index in [1.165, 1.54) is 12.1 Å². The highest BCUT2D eigenvalue weighted by Crippen LogP contribution is 2.15. The van der Waals surface area contributed by atoms with Gasteiger partial charge < -0.3 is 5.32 Å². The van der Waals surface area contributed by atoms with Gasteiger partial charge in [0.05, 0.1) is 6.54 Å². The molecule has 0 atom stereocenters. The van der Waals surface area contributed by atoms with Crippen LogP contribution in [0.15, 0.2) is 18.2 Å². The van der Waals surface area contributed by atoms with Crippen molar-refractivity contribution in [2.75, 3.05) is 25.5 Å². The molecule has 1 amide bonds. The minimum atomic E-state index is -0.364. The predicted octanol–water partition coefficient (Wildman–Crippen LogP) is 2.03. The maximum Gasteiger partial charge on any atom is 0.238 e. The summed E-state index contributed by atoms with van der Waals surface area (Å²) in [4.78, 5) is 13.5. The molecular formula is C14H17FN2O. The molecule has 1 aromatic carbocycles. The van der Waals surface area contributed by atoms with Gasteiger partial charge in [0.1, 0.15) is 5.82 Å². The van der Waals surface area contributed by atoms with Crippen molar-refractivity contribution in [3.63, 3.8) is 0 Å². The number of hydrogen-bond donors (Lipinski definition) is 1. The molecule has 0 fully saturated rings. The highest BCUT2D eigenvalue weighted by atomic mass is 19.1. The zero-order chi connectivity index (χ0) is 13.5. The maximum atomic E-state index is 13.0. The number of halogens is 1. The molecule has 1 aromatic rings. The van der Waals surface area contributed by atoms with E-state index < -0.39 is 0 Å². The first-order valence-electron chi connectivity index (χ1n) is 5.71.